The molecule has 3 aromatic rings. The molecule has 0 bridgehead atoms. The minimum absolute atomic E-state index is 0.0425. The van der Waals surface area contributed by atoms with Crippen molar-refractivity contribution in [3.8, 4) is 5.75 Å². The van der Waals surface area contributed by atoms with Crippen molar-refractivity contribution in [2.75, 3.05) is 26.7 Å². The van der Waals surface area contributed by atoms with Crippen LogP contribution in [0.5, 0.6) is 5.75 Å². The lowest BCUT2D eigenvalue weighted by atomic mass is 10.2. The maximum Gasteiger partial charge on any atom is 0.272 e. The normalized spacial score (nSPS) is 16.6. The Morgan fingerprint density at radius 2 is 2.06 bits per heavy atom. The molecule has 2 amide bonds. The highest BCUT2D eigenvalue weighted by Gasteiger charge is 2.32. The summed E-state index contributed by atoms with van der Waals surface area (Å²) >= 11 is 0. The van der Waals surface area contributed by atoms with E-state index in [1.165, 1.54) is 9.58 Å². The van der Waals surface area contributed by atoms with Crippen molar-refractivity contribution in [2.24, 2.45) is 7.05 Å². The average molecular weight is 468 g/mol. The minimum atomic E-state index is -0.400. The van der Waals surface area contributed by atoms with Crippen molar-refractivity contribution < 1.29 is 23.6 Å². The third-order valence-electron chi connectivity index (χ3n) is 6.01. The topological polar surface area (TPSA) is 103 Å². The standard InChI is InChI=1S/C24H29N5O5/c1-16-21(17(2)34-26-16)15-33-20-12-28(11-18-6-5-7-19(10-18)32-4)23(30)14-29(13-20)24(31)22-8-9-25-27(22)3/h5-10,20H,11-15H2,1-4H3. The van der Waals surface area contributed by atoms with Gasteiger partial charge in [0.2, 0.25) is 5.91 Å². The lowest BCUT2D eigenvalue weighted by Crippen LogP contribution is -2.40. The van der Waals surface area contributed by atoms with Gasteiger partial charge in [-0.05, 0) is 37.6 Å². The van der Waals surface area contributed by atoms with Crippen LogP contribution in [0.3, 0.4) is 0 Å². The zero-order valence-electron chi connectivity index (χ0n) is 19.9. The van der Waals surface area contributed by atoms with Crippen LogP contribution in [0.15, 0.2) is 41.1 Å². The highest BCUT2D eigenvalue weighted by molar-refractivity contribution is 5.95. The Labute approximate surface area is 198 Å². The first kappa shape index (κ1) is 23.5. The third-order valence-corrected chi connectivity index (χ3v) is 6.01. The van der Waals surface area contributed by atoms with Gasteiger partial charge in [0.1, 0.15) is 23.7 Å². The summed E-state index contributed by atoms with van der Waals surface area (Å²) in [6.07, 6.45) is 1.16. The maximum absolute atomic E-state index is 13.2. The molecule has 1 atom stereocenters. The molecular formula is C24H29N5O5. The van der Waals surface area contributed by atoms with Crippen LogP contribution in [0.2, 0.25) is 0 Å². The molecule has 10 heteroatoms. The van der Waals surface area contributed by atoms with Crippen molar-refractivity contribution in [2.45, 2.75) is 33.1 Å². The fraction of sp³-hybridized carbons (Fsp3) is 0.417. The van der Waals surface area contributed by atoms with E-state index in [9.17, 15) is 9.59 Å². The van der Waals surface area contributed by atoms with Gasteiger partial charge in [0.25, 0.3) is 5.91 Å². The average Bonchev–Trinajstić information content (AvgIpc) is 3.35. The zero-order valence-corrected chi connectivity index (χ0v) is 19.9. The van der Waals surface area contributed by atoms with Crippen LogP contribution in [0.25, 0.3) is 0 Å². The maximum atomic E-state index is 13.2. The Balaban J connectivity index is 1.56. The lowest BCUT2D eigenvalue weighted by Gasteiger charge is -2.25. The van der Waals surface area contributed by atoms with Crippen LogP contribution >= 0.6 is 0 Å². The largest absolute Gasteiger partial charge is 0.497 e. The molecule has 0 N–H and O–H groups in total. The predicted octanol–water partition coefficient (Wildman–Crippen LogP) is 2.10. The van der Waals surface area contributed by atoms with Gasteiger partial charge in [-0.15, -0.1) is 0 Å². The molecule has 3 heterocycles. The van der Waals surface area contributed by atoms with Gasteiger partial charge < -0.3 is 23.8 Å². The van der Waals surface area contributed by atoms with Crippen LogP contribution in [-0.4, -0.2) is 69.4 Å². The molecule has 4 rings (SSSR count). The Morgan fingerprint density at radius 1 is 1.24 bits per heavy atom. The highest BCUT2D eigenvalue weighted by atomic mass is 16.5. The van der Waals surface area contributed by atoms with E-state index in [1.54, 1.807) is 31.3 Å². The van der Waals surface area contributed by atoms with E-state index in [0.29, 0.717) is 24.5 Å². The molecule has 0 aliphatic carbocycles. The fourth-order valence-corrected chi connectivity index (χ4v) is 4.04. The number of benzene rings is 1. The molecule has 10 nitrogen and oxygen atoms in total. The Bertz CT molecular complexity index is 1150. The monoisotopic (exact) mass is 467 g/mol. The van der Waals surface area contributed by atoms with Gasteiger partial charge in [-0.25, -0.2) is 0 Å². The molecule has 0 saturated carbocycles. The van der Waals surface area contributed by atoms with Gasteiger partial charge in [0.15, 0.2) is 0 Å². The number of amides is 2. The summed E-state index contributed by atoms with van der Waals surface area (Å²) in [7, 11) is 3.31. The first-order chi connectivity index (χ1) is 16.4. The molecule has 34 heavy (non-hydrogen) atoms. The quantitative estimate of drug-likeness (QED) is 0.524. The Hall–Kier alpha value is -3.66. The molecule has 0 radical (unpaired) electrons. The van der Waals surface area contributed by atoms with Gasteiger partial charge in [-0.2, -0.15) is 5.10 Å². The number of aromatic nitrogens is 3. The second kappa shape index (κ2) is 10.1. The molecule has 1 saturated heterocycles. The summed E-state index contributed by atoms with van der Waals surface area (Å²) in [5.74, 6) is 1.00. The van der Waals surface area contributed by atoms with Crippen LogP contribution in [-0.2, 0) is 29.7 Å². The molecule has 1 aliphatic heterocycles. The minimum Gasteiger partial charge on any atom is -0.497 e. The number of ether oxygens (including phenoxy) is 2. The molecular weight excluding hydrogens is 438 g/mol. The van der Waals surface area contributed by atoms with Gasteiger partial charge >= 0.3 is 0 Å². The summed E-state index contributed by atoms with van der Waals surface area (Å²) < 4.78 is 18.3. The van der Waals surface area contributed by atoms with Crippen LogP contribution in [0, 0.1) is 13.8 Å². The van der Waals surface area contributed by atoms with E-state index in [1.807, 2.05) is 38.1 Å². The van der Waals surface area contributed by atoms with Gasteiger partial charge in [0, 0.05) is 38.4 Å². The number of hydrogen-bond acceptors (Lipinski definition) is 7. The molecule has 1 aromatic carbocycles. The van der Waals surface area contributed by atoms with E-state index in [2.05, 4.69) is 10.3 Å². The van der Waals surface area contributed by atoms with Crippen molar-refractivity contribution in [1.82, 2.24) is 24.7 Å². The SMILES string of the molecule is COc1cccc(CN2CC(OCc3c(C)noc3C)CN(C(=O)c3ccnn3C)CC2=O)c1. The Kier molecular flexibility index (Phi) is 6.97. The fourth-order valence-electron chi connectivity index (χ4n) is 4.04. The molecule has 180 valence electrons. The number of aryl methyl sites for hydroxylation is 3. The van der Waals surface area contributed by atoms with E-state index in [-0.39, 0.29) is 31.5 Å². The van der Waals surface area contributed by atoms with E-state index in [0.717, 1.165) is 22.6 Å². The molecule has 1 aliphatic rings. The summed E-state index contributed by atoms with van der Waals surface area (Å²) in [5.41, 5.74) is 2.99. The van der Waals surface area contributed by atoms with Crippen LogP contribution in [0.1, 0.15) is 33.1 Å². The summed E-state index contributed by atoms with van der Waals surface area (Å²) in [6.45, 7) is 4.93. The first-order valence-electron chi connectivity index (χ1n) is 11.1. The van der Waals surface area contributed by atoms with Crippen LogP contribution in [0.4, 0.5) is 0 Å². The molecule has 2 aromatic heterocycles. The number of carbonyl (C=O) groups excluding carboxylic acids is 2. The molecule has 0 spiro atoms. The van der Waals surface area contributed by atoms with Crippen molar-refractivity contribution in [1.29, 1.82) is 0 Å². The van der Waals surface area contributed by atoms with Gasteiger partial charge in [-0.3, -0.25) is 14.3 Å². The van der Waals surface area contributed by atoms with E-state index < -0.39 is 6.10 Å². The first-order valence-corrected chi connectivity index (χ1v) is 11.1. The lowest BCUT2D eigenvalue weighted by molar-refractivity contribution is -0.132. The van der Waals surface area contributed by atoms with E-state index >= 15 is 0 Å². The highest BCUT2D eigenvalue weighted by Crippen LogP contribution is 2.20. The second-order valence-corrected chi connectivity index (χ2v) is 8.39. The third kappa shape index (κ3) is 5.12. The van der Waals surface area contributed by atoms with Crippen LogP contribution < -0.4 is 4.74 Å². The molecule has 1 unspecified atom stereocenters. The predicted molar refractivity (Wildman–Crippen MR) is 122 cm³/mol. The van der Waals surface area contributed by atoms with Crippen molar-refractivity contribution >= 4 is 11.8 Å². The van der Waals surface area contributed by atoms with Gasteiger partial charge in [0.05, 0.1) is 25.5 Å². The van der Waals surface area contributed by atoms with Crippen molar-refractivity contribution in [3.63, 3.8) is 0 Å². The summed E-state index contributed by atoms with van der Waals surface area (Å²) in [5, 5.41) is 8.06. The van der Waals surface area contributed by atoms with Gasteiger partial charge in [-0.1, -0.05) is 17.3 Å². The molecule has 1 fully saturated rings. The van der Waals surface area contributed by atoms with Crippen molar-refractivity contribution in [3.05, 3.63) is 64.8 Å². The summed E-state index contributed by atoms with van der Waals surface area (Å²) in [6, 6.07) is 9.23. The number of carbonyl (C=O) groups is 2. The summed E-state index contributed by atoms with van der Waals surface area (Å²) in [4.78, 5) is 29.7. The number of hydrogen-bond donors (Lipinski definition) is 0. The zero-order chi connectivity index (χ0) is 24.2. The smallest absolute Gasteiger partial charge is 0.272 e. The number of nitrogens with zero attached hydrogens (tertiary/aromatic N) is 5. The number of methoxy groups -OCH3 is 1. The van der Waals surface area contributed by atoms with E-state index in [4.69, 9.17) is 14.0 Å². The number of rotatable bonds is 7. The second-order valence-electron chi connectivity index (χ2n) is 8.39. The Morgan fingerprint density at radius 3 is 2.74 bits per heavy atom.